The molecule has 5 nitrogen and oxygen atoms in total. The Kier molecular flexibility index (Phi) is 7.28. The fourth-order valence-electron chi connectivity index (χ4n) is 3.08. The van der Waals surface area contributed by atoms with Gasteiger partial charge in [0.1, 0.15) is 0 Å². The Morgan fingerprint density at radius 2 is 2.12 bits per heavy atom. The molecule has 5 heteroatoms. The second-order valence-corrected chi connectivity index (χ2v) is 6.38. The van der Waals surface area contributed by atoms with Crippen LogP contribution in [0, 0.1) is 6.92 Å². The van der Waals surface area contributed by atoms with E-state index >= 15 is 0 Å². The number of benzene rings is 1. The summed E-state index contributed by atoms with van der Waals surface area (Å²) in [5.74, 6) is 0. The minimum Gasteiger partial charge on any atom is -0.395 e. The van der Waals surface area contributed by atoms with Crippen LogP contribution in [0.15, 0.2) is 36.9 Å². The van der Waals surface area contributed by atoms with Gasteiger partial charge in [-0.25, -0.2) is 4.79 Å². The van der Waals surface area contributed by atoms with E-state index in [9.17, 15) is 4.79 Å². The first-order valence-corrected chi connectivity index (χ1v) is 8.68. The molecule has 2 rings (SSSR count). The second kappa shape index (κ2) is 9.45. The van der Waals surface area contributed by atoms with Crippen LogP contribution in [0.4, 0.5) is 4.79 Å². The number of rotatable bonds is 7. The Bertz CT molecular complexity index is 539. The fraction of sp³-hybridized carbons (Fsp3) is 0.526. The third-order valence-electron chi connectivity index (χ3n) is 4.58. The summed E-state index contributed by atoms with van der Waals surface area (Å²) in [4.78, 5) is 16.3. The van der Waals surface area contributed by atoms with Gasteiger partial charge in [-0.2, -0.15) is 0 Å². The molecule has 2 amide bonds. The van der Waals surface area contributed by atoms with Gasteiger partial charge in [0.15, 0.2) is 0 Å². The van der Waals surface area contributed by atoms with E-state index in [1.54, 1.807) is 11.0 Å². The largest absolute Gasteiger partial charge is 0.395 e. The molecular weight excluding hydrogens is 302 g/mol. The molecule has 24 heavy (non-hydrogen) atoms. The molecule has 0 aliphatic carbocycles. The summed E-state index contributed by atoms with van der Waals surface area (Å²) in [5.41, 5.74) is 2.71. The van der Waals surface area contributed by atoms with Crippen molar-refractivity contribution in [3.63, 3.8) is 0 Å². The fourth-order valence-corrected chi connectivity index (χ4v) is 3.08. The molecule has 1 saturated heterocycles. The maximum Gasteiger partial charge on any atom is 0.317 e. The van der Waals surface area contributed by atoms with Gasteiger partial charge in [0.25, 0.3) is 0 Å². The van der Waals surface area contributed by atoms with Crippen LogP contribution in [-0.4, -0.2) is 59.8 Å². The highest BCUT2D eigenvalue weighted by Crippen LogP contribution is 2.16. The van der Waals surface area contributed by atoms with Gasteiger partial charge in [-0.15, -0.1) is 6.58 Å². The molecule has 0 radical (unpaired) electrons. The molecule has 0 atom stereocenters. The van der Waals surface area contributed by atoms with Crippen LogP contribution in [0.25, 0.3) is 0 Å². The monoisotopic (exact) mass is 331 g/mol. The van der Waals surface area contributed by atoms with E-state index in [0.717, 1.165) is 32.5 Å². The number of carbonyl (C=O) groups excluding carboxylic acids is 1. The first-order chi connectivity index (χ1) is 11.6. The number of aryl methyl sites for hydroxylation is 1. The lowest BCUT2D eigenvalue weighted by atomic mass is 10.0. The molecule has 1 fully saturated rings. The molecule has 1 heterocycles. The molecule has 0 aromatic heterocycles. The minimum absolute atomic E-state index is 0.0316. The van der Waals surface area contributed by atoms with Crippen molar-refractivity contribution in [3.8, 4) is 0 Å². The van der Waals surface area contributed by atoms with Gasteiger partial charge in [0.2, 0.25) is 0 Å². The zero-order chi connectivity index (χ0) is 17.4. The molecule has 1 aromatic carbocycles. The highest BCUT2D eigenvalue weighted by atomic mass is 16.3. The Morgan fingerprint density at radius 3 is 2.75 bits per heavy atom. The van der Waals surface area contributed by atoms with Crippen LogP contribution < -0.4 is 5.32 Å². The third kappa shape index (κ3) is 5.35. The van der Waals surface area contributed by atoms with Crippen molar-refractivity contribution in [1.29, 1.82) is 0 Å². The molecule has 2 N–H and O–H groups in total. The lowest BCUT2D eigenvalue weighted by Crippen LogP contribution is -2.49. The van der Waals surface area contributed by atoms with E-state index in [4.69, 9.17) is 5.11 Å². The Labute approximate surface area is 145 Å². The number of nitrogens with zero attached hydrogens (tertiary/aromatic N) is 2. The van der Waals surface area contributed by atoms with Crippen molar-refractivity contribution in [3.05, 3.63) is 48.0 Å². The molecule has 0 spiro atoms. The lowest BCUT2D eigenvalue weighted by Gasteiger charge is -2.33. The summed E-state index contributed by atoms with van der Waals surface area (Å²) >= 11 is 0. The first kappa shape index (κ1) is 18.5. The van der Waals surface area contributed by atoms with Gasteiger partial charge < -0.3 is 15.3 Å². The van der Waals surface area contributed by atoms with Gasteiger partial charge in [-0.05, 0) is 30.9 Å². The topological polar surface area (TPSA) is 55.8 Å². The number of amides is 2. The molecule has 1 aromatic rings. The van der Waals surface area contributed by atoms with Crippen molar-refractivity contribution in [2.45, 2.75) is 32.4 Å². The predicted octanol–water partition coefficient (Wildman–Crippen LogP) is 2.15. The quantitative estimate of drug-likeness (QED) is 0.753. The zero-order valence-electron chi connectivity index (χ0n) is 14.6. The number of hydrogen-bond donors (Lipinski definition) is 2. The van der Waals surface area contributed by atoms with E-state index in [0.29, 0.717) is 13.1 Å². The van der Waals surface area contributed by atoms with E-state index in [2.05, 4.69) is 48.0 Å². The molecule has 1 aliphatic rings. The van der Waals surface area contributed by atoms with Crippen LogP contribution in [0.3, 0.4) is 0 Å². The number of carbonyl (C=O) groups is 1. The van der Waals surface area contributed by atoms with Crippen molar-refractivity contribution in [2.24, 2.45) is 0 Å². The van der Waals surface area contributed by atoms with Crippen LogP contribution in [0.5, 0.6) is 0 Å². The maximum absolute atomic E-state index is 12.3. The average molecular weight is 331 g/mol. The van der Waals surface area contributed by atoms with Gasteiger partial charge >= 0.3 is 6.03 Å². The molecule has 0 unspecified atom stereocenters. The van der Waals surface area contributed by atoms with E-state index < -0.39 is 0 Å². The number of aliphatic hydroxyl groups excluding tert-OH is 1. The standard InChI is InChI=1S/C19H29N3O2/c1-3-10-22(13-14-23)19(24)20-18-8-11-21(12-9-18)15-17-7-5-4-6-16(17)2/h3-7,18,23H,1,8-15H2,2H3,(H,20,24). The van der Waals surface area contributed by atoms with Crippen LogP contribution in [0.2, 0.25) is 0 Å². The Morgan fingerprint density at radius 1 is 1.42 bits per heavy atom. The molecule has 0 saturated carbocycles. The van der Waals surface area contributed by atoms with Crippen molar-refractivity contribution in [1.82, 2.24) is 15.1 Å². The number of likely N-dealkylation sites (tertiary alicyclic amines) is 1. The number of hydrogen-bond acceptors (Lipinski definition) is 3. The molecule has 132 valence electrons. The summed E-state index contributed by atoms with van der Waals surface area (Å²) in [7, 11) is 0. The van der Waals surface area contributed by atoms with Gasteiger partial charge in [0.05, 0.1) is 6.61 Å². The minimum atomic E-state index is -0.110. The van der Waals surface area contributed by atoms with Crippen molar-refractivity contribution < 1.29 is 9.90 Å². The second-order valence-electron chi connectivity index (χ2n) is 6.38. The Balaban J connectivity index is 1.79. The van der Waals surface area contributed by atoms with Crippen LogP contribution in [0.1, 0.15) is 24.0 Å². The van der Waals surface area contributed by atoms with Gasteiger partial charge in [-0.3, -0.25) is 4.90 Å². The molecule has 1 aliphatic heterocycles. The third-order valence-corrected chi connectivity index (χ3v) is 4.58. The van der Waals surface area contributed by atoms with Crippen molar-refractivity contribution in [2.75, 3.05) is 32.8 Å². The normalized spacial score (nSPS) is 15.9. The summed E-state index contributed by atoms with van der Waals surface area (Å²) in [6.45, 7) is 9.52. The number of nitrogens with one attached hydrogen (secondary N) is 1. The van der Waals surface area contributed by atoms with Crippen molar-refractivity contribution >= 4 is 6.03 Å². The van der Waals surface area contributed by atoms with E-state index in [1.807, 2.05) is 0 Å². The summed E-state index contributed by atoms with van der Waals surface area (Å²) in [6.07, 6.45) is 3.59. The average Bonchev–Trinajstić information content (AvgIpc) is 2.58. The van der Waals surface area contributed by atoms with Crippen LogP contribution in [-0.2, 0) is 6.54 Å². The molecule has 0 bridgehead atoms. The zero-order valence-corrected chi connectivity index (χ0v) is 14.6. The smallest absolute Gasteiger partial charge is 0.317 e. The highest BCUT2D eigenvalue weighted by molar-refractivity contribution is 5.74. The summed E-state index contributed by atoms with van der Waals surface area (Å²) in [5, 5.41) is 12.1. The number of aliphatic hydroxyl groups is 1. The van der Waals surface area contributed by atoms with E-state index in [1.165, 1.54) is 11.1 Å². The predicted molar refractivity (Wildman–Crippen MR) is 96.9 cm³/mol. The number of urea groups is 1. The molecular formula is C19H29N3O2. The number of piperidine rings is 1. The summed E-state index contributed by atoms with van der Waals surface area (Å²) in [6, 6.07) is 8.59. The van der Waals surface area contributed by atoms with E-state index in [-0.39, 0.29) is 18.7 Å². The SMILES string of the molecule is C=CCN(CCO)C(=O)NC1CCN(Cc2ccccc2C)CC1. The Hall–Kier alpha value is -1.85. The lowest BCUT2D eigenvalue weighted by molar-refractivity contribution is 0.162. The van der Waals surface area contributed by atoms with Gasteiger partial charge in [0, 0.05) is 38.8 Å². The highest BCUT2D eigenvalue weighted by Gasteiger charge is 2.22. The van der Waals surface area contributed by atoms with Gasteiger partial charge in [-0.1, -0.05) is 30.3 Å². The van der Waals surface area contributed by atoms with Crippen LogP contribution >= 0.6 is 0 Å². The maximum atomic E-state index is 12.3. The summed E-state index contributed by atoms with van der Waals surface area (Å²) < 4.78 is 0. The first-order valence-electron chi connectivity index (χ1n) is 8.68.